The first kappa shape index (κ1) is 14.9. The van der Waals surface area contributed by atoms with Gasteiger partial charge in [0.25, 0.3) is 0 Å². The molecule has 0 aliphatic carbocycles. The van der Waals surface area contributed by atoms with Crippen LogP contribution < -0.4 is 5.73 Å². The van der Waals surface area contributed by atoms with Crippen LogP contribution in [-0.4, -0.2) is 0 Å². The van der Waals surface area contributed by atoms with Crippen molar-refractivity contribution in [2.24, 2.45) is 11.7 Å². The Labute approximate surface area is 105 Å². The first-order valence-electron chi connectivity index (χ1n) is 4.76. The van der Waals surface area contributed by atoms with Gasteiger partial charge in [0.2, 0.25) is 0 Å². The number of hydrogen-bond donors (Lipinski definition) is 1. The van der Waals surface area contributed by atoms with Crippen molar-refractivity contribution < 1.29 is 4.39 Å². The summed E-state index contributed by atoms with van der Waals surface area (Å²) >= 11 is 3.22. The molecular weight excluding hydrogens is 280 g/mol. The van der Waals surface area contributed by atoms with Crippen LogP contribution in [0.15, 0.2) is 22.7 Å². The first-order chi connectivity index (χ1) is 6.56. The Morgan fingerprint density at radius 1 is 1.47 bits per heavy atom. The van der Waals surface area contributed by atoms with E-state index in [1.54, 1.807) is 6.07 Å². The van der Waals surface area contributed by atoms with Crippen LogP contribution in [0.4, 0.5) is 4.39 Å². The Morgan fingerprint density at radius 2 is 2.07 bits per heavy atom. The van der Waals surface area contributed by atoms with Crippen LogP contribution in [0.3, 0.4) is 0 Å². The van der Waals surface area contributed by atoms with Gasteiger partial charge in [-0.3, -0.25) is 0 Å². The van der Waals surface area contributed by atoms with Crippen molar-refractivity contribution in [3.8, 4) is 0 Å². The molecule has 15 heavy (non-hydrogen) atoms. The minimum atomic E-state index is -0.229. The van der Waals surface area contributed by atoms with E-state index in [-0.39, 0.29) is 24.3 Å². The van der Waals surface area contributed by atoms with E-state index in [9.17, 15) is 4.39 Å². The molecule has 0 heterocycles. The Bertz CT molecular complexity index is 319. The summed E-state index contributed by atoms with van der Waals surface area (Å²) in [5, 5.41) is 0. The average Bonchev–Trinajstić information content (AvgIpc) is 2.15. The lowest BCUT2D eigenvalue weighted by molar-refractivity contribution is 0.439. The zero-order chi connectivity index (χ0) is 10.7. The third-order valence-electron chi connectivity index (χ3n) is 2.58. The summed E-state index contributed by atoms with van der Waals surface area (Å²) in [7, 11) is 0. The number of halogens is 3. The van der Waals surface area contributed by atoms with Crippen LogP contribution >= 0.6 is 28.3 Å². The molecule has 0 bridgehead atoms. The summed E-state index contributed by atoms with van der Waals surface area (Å²) in [5.41, 5.74) is 6.54. The molecule has 0 aliphatic heterocycles. The summed E-state index contributed by atoms with van der Waals surface area (Å²) in [6, 6.07) is 4.81. The van der Waals surface area contributed by atoms with Gasteiger partial charge in [0.05, 0.1) is 0 Å². The summed E-state index contributed by atoms with van der Waals surface area (Å²) in [6.07, 6.45) is 0.955. The van der Waals surface area contributed by atoms with Crippen LogP contribution in [0, 0.1) is 11.7 Å². The maximum Gasteiger partial charge on any atom is 0.129 e. The number of benzene rings is 1. The molecule has 1 aromatic carbocycles. The molecule has 0 saturated heterocycles. The van der Waals surface area contributed by atoms with Crippen molar-refractivity contribution in [3.05, 3.63) is 34.1 Å². The van der Waals surface area contributed by atoms with Gasteiger partial charge in [-0.05, 0) is 18.1 Å². The number of hydrogen-bond acceptors (Lipinski definition) is 1. The topological polar surface area (TPSA) is 26.0 Å². The maximum absolute atomic E-state index is 13.5. The van der Waals surface area contributed by atoms with Gasteiger partial charge in [0, 0.05) is 16.1 Å². The molecule has 2 atom stereocenters. The highest BCUT2D eigenvalue weighted by molar-refractivity contribution is 9.10. The Balaban J connectivity index is 0.00000196. The van der Waals surface area contributed by atoms with Gasteiger partial charge in [0.1, 0.15) is 5.82 Å². The van der Waals surface area contributed by atoms with E-state index in [0.29, 0.717) is 11.5 Å². The molecule has 1 rings (SSSR count). The van der Waals surface area contributed by atoms with Crippen LogP contribution in [0.1, 0.15) is 31.9 Å². The molecule has 1 nitrogen and oxygen atoms in total. The zero-order valence-electron chi connectivity index (χ0n) is 8.84. The maximum atomic E-state index is 13.5. The van der Waals surface area contributed by atoms with Crippen molar-refractivity contribution in [1.82, 2.24) is 0 Å². The van der Waals surface area contributed by atoms with Gasteiger partial charge in [-0.1, -0.05) is 42.3 Å². The highest BCUT2D eigenvalue weighted by Crippen LogP contribution is 2.25. The highest BCUT2D eigenvalue weighted by Gasteiger charge is 2.16. The largest absolute Gasteiger partial charge is 0.324 e. The molecule has 1 unspecified atom stereocenters. The molecule has 0 aliphatic rings. The predicted molar refractivity (Wildman–Crippen MR) is 67.7 cm³/mol. The van der Waals surface area contributed by atoms with Gasteiger partial charge in [-0.25, -0.2) is 4.39 Å². The smallest absolute Gasteiger partial charge is 0.129 e. The van der Waals surface area contributed by atoms with Crippen molar-refractivity contribution in [2.75, 3.05) is 0 Å². The summed E-state index contributed by atoms with van der Waals surface area (Å²) < 4.78 is 14.2. The van der Waals surface area contributed by atoms with E-state index in [0.717, 1.165) is 10.9 Å². The Hall–Kier alpha value is -0.120. The second kappa shape index (κ2) is 6.46. The van der Waals surface area contributed by atoms with Crippen LogP contribution in [0.2, 0.25) is 0 Å². The number of rotatable bonds is 3. The molecule has 1 aromatic rings. The first-order valence-corrected chi connectivity index (χ1v) is 5.56. The van der Waals surface area contributed by atoms with Crippen molar-refractivity contribution in [3.63, 3.8) is 0 Å². The van der Waals surface area contributed by atoms with E-state index in [1.165, 1.54) is 6.07 Å². The van der Waals surface area contributed by atoms with Gasteiger partial charge in [-0.2, -0.15) is 0 Å². The fraction of sp³-hybridized carbons (Fsp3) is 0.455. The summed E-state index contributed by atoms with van der Waals surface area (Å²) in [4.78, 5) is 0. The minimum absolute atomic E-state index is 0. The van der Waals surface area contributed by atoms with Crippen molar-refractivity contribution in [2.45, 2.75) is 26.3 Å². The van der Waals surface area contributed by atoms with Gasteiger partial charge in [-0.15, -0.1) is 12.4 Å². The molecule has 0 fully saturated rings. The van der Waals surface area contributed by atoms with E-state index in [2.05, 4.69) is 22.9 Å². The lowest BCUT2D eigenvalue weighted by Crippen LogP contribution is -2.19. The Kier molecular flexibility index (Phi) is 6.41. The average molecular weight is 297 g/mol. The molecule has 4 heteroatoms. The fourth-order valence-corrected chi connectivity index (χ4v) is 1.67. The quantitative estimate of drug-likeness (QED) is 0.894. The third-order valence-corrected chi connectivity index (χ3v) is 3.07. The van der Waals surface area contributed by atoms with E-state index in [1.807, 2.05) is 13.0 Å². The summed E-state index contributed by atoms with van der Waals surface area (Å²) in [5.74, 6) is 0.0675. The molecule has 2 N–H and O–H groups in total. The van der Waals surface area contributed by atoms with Crippen molar-refractivity contribution in [1.29, 1.82) is 0 Å². The summed E-state index contributed by atoms with van der Waals surface area (Å²) in [6.45, 7) is 4.09. The molecular formula is C11H16BrClFN. The van der Waals surface area contributed by atoms with Gasteiger partial charge < -0.3 is 5.73 Å². The van der Waals surface area contributed by atoms with Crippen molar-refractivity contribution >= 4 is 28.3 Å². The lowest BCUT2D eigenvalue weighted by atomic mass is 9.93. The predicted octanol–water partition coefficient (Wildman–Crippen LogP) is 4.06. The van der Waals surface area contributed by atoms with Gasteiger partial charge in [0.15, 0.2) is 0 Å². The molecule has 0 spiro atoms. The van der Waals surface area contributed by atoms with Crippen LogP contribution in [-0.2, 0) is 0 Å². The van der Waals surface area contributed by atoms with Crippen LogP contribution in [0.5, 0.6) is 0 Å². The highest BCUT2D eigenvalue weighted by atomic mass is 79.9. The van der Waals surface area contributed by atoms with Crippen LogP contribution in [0.25, 0.3) is 0 Å². The standard InChI is InChI=1S/C11H15BrFN.ClH/c1-3-7(2)11(14)9-5-4-8(12)6-10(9)13;/h4-7,11H,3,14H2,1-2H3;1H/t7?,11-;/m0./s1. The third kappa shape index (κ3) is 3.74. The molecule has 0 amide bonds. The second-order valence-corrected chi connectivity index (χ2v) is 4.49. The minimum Gasteiger partial charge on any atom is -0.324 e. The van der Waals surface area contributed by atoms with E-state index >= 15 is 0 Å². The van der Waals surface area contributed by atoms with Gasteiger partial charge >= 0.3 is 0 Å². The molecule has 86 valence electrons. The fourth-order valence-electron chi connectivity index (χ4n) is 1.33. The van der Waals surface area contributed by atoms with E-state index < -0.39 is 0 Å². The monoisotopic (exact) mass is 295 g/mol. The SMILES string of the molecule is CCC(C)[C@H](N)c1ccc(Br)cc1F.Cl. The van der Waals surface area contributed by atoms with E-state index in [4.69, 9.17) is 5.73 Å². The number of nitrogens with two attached hydrogens (primary N) is 1. The molecule has 0 saturated carbocycles. The molecule has 0 aromatic heterocycles. The molecule has 0 radical (unpaired) electrons. The zero-order valence-corrected chi connectivity index (χ0v) is 11.2. The normalized spacial score (nSPS) is 14.2. The lowest BCUT2D eigenvalue weighted by Gasteiger charge is -2.19. The second-order valence-electron chi connectivity index (χ2n) is 3.58. The Morgan fingerprint density at radius 3 is 2.53 bits per heavy atom.